The lowest BCUT2D eigenvalue weighted by Gasteiger charge is -2.26. The molecule has 1 fully saturated rings. The fourth-order valence-electron chi connectivity index (χ4n) is 4.12. The molecule has 0 saturated carbocycles. The zero-order chi connectivity index (χ0) is 22.5. The number of anilines is 1. The first-order chi connectivity index (χ1) is 15.6. The Kier molecular flexibility index (Phi) is 7.05. The average Bonchev–Trinajstić information content (AvgIpc) is 3.18. The smallest absolute Gasteiger partial charge is 0.233 e. The normalized spacial score (nSPS) is 16.9. The van der Waals surface area contributed by atoms with Gasteiger partial charge in [0, 0.05) is 35.8 Å². The van der Waals surface area contributed by atoms with E-state index in [2.05, 4.69) is 17.2 Å². The van der Waals surface area contributed by atoms with Crippen molar-refractivity contribution in [2.75, 3.05) is 31.8 Å². The first-order valence-corrected chi connectivity index (χ1v) is 11.9. The number of rotatable bonds is 9. The fraction of sp³-hybridized carbons (Fsp3) is 0.360. The van der Waals surface area contributed by atoms with Crippen LogP contribution in [0, 0.1) is 0 Å². The van der Waals surface area contributed by atoms with Crippen molar-refractivity contribution < 1.29 is 14.3 Å². The zero-order valence-electron chi connectivity index (χ0n) is 18.7. The molecule has 2 unspecified atom stereocenters. The molecule has 0 aliphatic carbocycles. The number of carbonyl (C=O) groups excluding carboxylic acids is 1. The van der Waals surface area contributed by atoms with Gasteiger partial charge in [-0.1, -0.05) is 24.3 Å². The summed E-state index contributed by atoms with van der Waals surface area (Å²) in [7, 11) is 3.35. The summed E-state index contributed by atoms with van der Waals surface area (Å²) in [6, 6.07) is 16.1. The molecule has 7 heteroatoms. The van der Waals surface area contributed by atoms with E-state index in [9.17, 15) is 4.79 Å². The maximum absolute atomic E-state index is 12.6. The molecule has 6 nitrogen and oxygen atoms in total. The maximum Gasteiger partial charge on any atom is 0.233 e. The van der Waals surface area contributed by atoms with E-state index in [-0.39, 0.29) is 17.3 Å². The second-order valence-corrected chi connectivity index (χ2v) is 9.00. The summed E-state index contributed by atoms with van der Waals surface area (Å²) in [6.45, 7) is 2.88. The van der Waals surface area contributed by atoms with Gasteiger partial charge >= 0.3 is 0 Å². The van der Waals surface area contributed by atoms with E-state index in [1.807, 2.05) is 53.4 Å². The number of para-hydroxylation sites is 1. The summed E-state index contributed by atoms with van der Waals surface area (Å²) in [5.41, 5.74) is 2.96. The number of methoxy groups -OCH3 is 2. The number of nitrogens with one attached hydrogen (secondary N) is 1. The predicted molar refractivity (Wildman–Crippen MR) is 131 cm³/mol. The van der Waals surface area contributed by atoms with Crippen molar-refractivity contribution >= 4 is 34.3 Å². The molecule has 4 rings (SSSR count). The van der Waals surface area contributed by atoms with Gasteiger partial charge in [0.05, 0.1) is 31.2 Å². The molecule has 1 aromatic heterocycles. The lowest BCUT2D eigenvalue weighted by atomic mass is 10.1. The van der Waals surface area contributed by atoms with Gasteiger partial charge in [0.15, 0.2) is 0 Å². The van der Waals surface area contributed by atoms with Gasteiger partial charge < -0.3 is 19.7 Å². The molecule has 1 N–H and O–H groups in total. The Bertz CT molecular complexity index is 1090. The third-order valence-electron chi connectivity index (χ3n) is 5.73. The minimum absolute atomic E-state index is 0.00782. The molecule has 2 aromatic carbocycles. The highest BCUT2D eigenvalue weighted by molar-refractivity contribution is 8.00. The van der Waals surface area contributed by atoms with Crippen LogP contribution >= 0.6 is 11.8 Å². The number of carbonyl (C=O) groups is 1. The van der Waals surface area contributed by atoms with E-state index in [1.54, 1.807) is 32.2 Å². The number of hydrogen-bond acceptors (Lipinski definition) is 6. The van der Waals surface area contributed by atoms with Crippen LogP contribution in [0.4, 0.5) is 5.69 Å². The van der Waals surface area contributed by atoms with E-state index in [0.29, 0.717) is 5.75 Å². The van der Waals surface area contributed by atoms with E-state index >= 15 is 0 Å². The SMILES string of the molecule is COc1cc(NC(C)CCCN2C(=O)CSC2c2ccccc2OC)c2ncccc2c1. The molecule has 0 spiro atoms. The first kappa shape index (κ1) is 22.3. The van der Waals surface area contributed by atoms with Crippen molar-refractivity contribution in [3.63, 3.8) is 0 Å². The molecule has 0 bridgehead atoms. The monoisotopic (exact) mass is 451 g/mol. The first-order valence-electron chi connectivity index (χ1n) is 10.8. The third-order valence-corrected chi connectivity index (χ3v) is 6.96. The Morgan fingerprint density at radius 3 is 2.84 bits per heavy atom. The number of aromatic nitrogens is 1. The molecule has 1 aliphatic heterocycles. The molecule has 0 radical (unpaired) electrons. The number of benzene rings is 2. The number of hydrogen-bond donors (Lipinski definition) is 1. The largest absolute Gasteiger partial charge is 0.497 e. The predicted octanol–water partition coefficient (Wildman–Crippen LogP) is 5.11. The van der Waals surface area contributed by atoms with Gasteiger partial charge in [0.25, 0.3) is 0 Å². The zero-order valence-corrected chi connectivity index (χ0v) is 19.5. The Labute approximate surface area is 193 Å². The van der Waals surface area contributed by atoms with Crippen LogP contribution in [0.1, 0.15) is 30.7 Å². The van der Waals surface area contributed by atoms with Gasteiger partial charge in [-0.15, -0.1) is 11.8 Å². The van der Waals surface area contributed by atoms with Crippen molar-refractivity contribution in [1.82, 2.24) is 9.88 Å². The molecular weight excluding hydrogens is 422 g/mol. The van der Waals surface area contributed by atoms with Gasteiger partial charge in [-0.25, -0.2) is 0 Å². The Balaban J connectivity index is 1.40. The number of pyridine rings is 1. The Morgan fingerprint density at radius 1 is 1.19 bits per heavy atom. The quantitative estimate of drug-likeness (QED) is 0.488. The van der Waals surface area contributed by atoms with E-state index in [1.165, 1.54) is 0 Å². The van der Waals surface area contributed by atoms with Crippen LogP contribution in [0.25, 0.3) is 10.9 Å². The topological polar surface area (TPSA) is 63.7 Å². The van der Waals surface area contributed by atoms with Crippen LogP contribution in [0.2, 0.25) is 0 Å². The highest BCUT2D eigenvalue weighted by Crippen LogP contribution is 2.42. The van der Waals surface area contributed by atoms with Crippen LogP contribution in [-0.4, -0.2) is 48.4 Å². The number of amides is 1. The number of thioether (sulfide) groups is 1. The maximum atomic E-state index is 12.6. The van der Waals surface area contributed by atoms with Crippen LogP contribution in [-0.2, 0) is 4.79 Å². The van der Waals surface area contributed by atoms with E-state index in [4.69, 9.17) is 9.47 Å². The van der Waals surface area contributed by atoms with Crippen molar-refractivity contribution in [3.8, 4) is 11.5 Å². The highest BCUT2D eigenvalue weighted by atomic mass is 32.2. The molecular formula is C25H29N3O3S. The lowest BCUT2D eigenvalue weighted by Crippen LogP contribution is -2.30. The van der Waals surface area contributed by atoms with Crippen LogP contribution in [0.15, 0.2) is 54.7 Å². The summed E-state index contributed by atoms with van der Waals surface area (Å²) in [5.74, 6) is 2.34. The van der Waals surface area contributed by atoms with Crippen molar-refractivity contribution in [1.29, 1.82) is 0 Å². The molecule has 168 valence electrons. The van der Waals surface area contributed by atoms with Crippen LogP contribution in [0.5, 0.6) is 11.5 Å². The summed E-state index contributed by atoms with van der Waals surface area (Å²) in [5, 5.41) is 4.64. The second kappa shape index (κ2) is 10.1. The summed E-state index contributed by atoms with van der Waals surface area (Å²) in [4.78, 5) is 19.1. The summed E-state index contributed by atoms with van der Waals surface area (Å²) < 4.78 is 11.0. The van der Waals surface area contributed by atoms with Gasteiger partial charge in [-0.05, 0) is 38.0 Å². The molecule has 1 saturated heterocycles. The second-order valence-electron chi connectivity index (χ2n) is 7.93. The van der Waals surface area contributed by atoms with Crippen LogP contribution in [0.3, 0.4) is 0 Å². The van der Waals surface area contributed by atoms with Crippen molar-refractivity contribution in [2.45, 2.75) is 31.2 Å². The molecule has 2 heterocycles. The van der Waals surface area contributed by atoms with Gasteiger partial charge in [-0.2, -0.15) is 0 Å². The van der Waals surface area contributed by atoms with E-state index < -0.39 is 0 Å². The van der Waals surface area contributed by atoms with Crippen LogP contribution < -0.4 is 14.8 Å². The Morgan fingerprint density at radius 2 is 2.03 bits per heavy atom. The number of fused-ring (bicyclic) bond motifs is 1. The van der Waals surface area contributed by atoms with Gasteiger partial charge in [-0.3, -0.25) is 9.78 Å². The molecule has 1 aliphatic rings. The fourth-order valence-corrected chi connectivity index (χ4v) is 5.37. The molecule has 1 amide bonds. The number of nitrogens with zero attached hydrogens (tertiary/aromatic N) is 2. The summed E-state index contributed by atoms with van der Waals surface area (Å²) >= 11 is 1.67. The minimum Gasteiger partial charge on any atom is -0.497 e. The van der Waals surface area contributed by atoms with E-state index in [0.717, 1.165) is 53.0 Å². The standard InChI is InChI=1S/C25H29N3O3S/c1-17(27-21-15-19(30-2)14-18-9-6-12-26-24(18)21)8-7-13-28-23(29)16-32-25(28)20-10-4-5-11-22(20)31-3/h4-6,9-12,14-15,17,25,27H,7-8,13,16H2,1-3H3. The molecule has 2 atom stereocenters. The average molecular weight is 452 g/mol. The Hall–Kier alpha value is -2.93. The highest BCUT2D eigenvalue weighted by Gasteiger charge is 2.34. The molecule has 32 heavy (non-hydrogen) atoms. The van der Waals surface area contributed by atoms with Gasteiger partial charge in [0.1, 0.15) is 16.9 Å². The van der Waals surface area contributed by atoms with Crippen molar-refractivity contribution in [3.05, 3.63) is 60.3 Å². The number of ether oxygens (including phenoxy) is 2. The lowest BCUT2D eigenvalue weighted by molar-refractivity contribution is -0.128. The third kappa shape index (κ3) is 4.78. The molecule has 3 aromatic rings. The summed E-state index contributed by atoms with van der Waals surface area (Å²) in [6.07, 6.45) is 3.64. The minimum atomic E-state index is 0.00782. The van der Waals surface area contributed by atoms with Crippen molar-refractivity contribution in [2.24, 2.45) is 0 Å². The van der Waals surface area contributed by atoms with Gasteiger partial charge in [0.2, 0.25) is 5.91 Å².